The quantitative estimate of drug-likeness (QED) is 0.715. The van der Waals surface area contributed by atoms with Gasteiger partial charge in [0.25, 0.3) is 0 Å². The minimum absolute atomic E-state index is 0.137. The van der Waals surface area contributed by atoms with Crippen LogP contribution in [0.2, 0.25) is 0 Å². The second-order valence-electron chi connectivity index (χ2n) is 4.72. The lowest BCUT2D eigenvalue weighted by Gasteiger charge is -2.10. The molecule has 7 nitrogen and oxygen atoms in total. The van der Waals surface area contributed by atoms with E-state index in [1.54, 1.807) is 6.92 Å². The zero-order valence-electron chi connectivity index (χ0n) is 11.5. The summed E-state index contributed by atoms with van der Waals surface area (Å²) in [5.41, 5.74) is 0.495. The lowest BCUT2D eigenvalue weighted by atomic mass is 10.1. The van der Waals surface area contributed by atoms with E-state index < -0.39 is 10.0 Å². The summed E-state index contributed by atoms with van der Waals surface area (Å²) in [5, 5.41) is 5.26. The summed E-state index contributed by atoms with van der Waals surface area (Å²) < 4.78 is 25.9. The first-order chi connectivity index (χ1) is 9.92. The van der Waals surface area contributed by atoms with Crippen LogP contribution in [0.5, 0.6) is 0 Å². The van der Waals surface area contributed by atoms with Crippen LogP contribution in [-0.2, 0) is 19.6 Å². The standard InChI is InChI=1S/C13H17N3O4S/c1-2-15-21(19,20)11-5-3-10(4-6-11)16-13(18)9-7-12(17)14-8-9/h3-6,9,15H,2,7-8H2,1H3,(H,14,17)(H,16,18). The highest BCUT2D eigenvalue weighted by molar-refractivity contribution is 7.89. The molecule has 0 radical (unpaired) electrons. The molecule has 1 heterocycles. The summed E-state index contributed by atoms with van der Waals surface area (Å²) >= 11 is 0. The molecule has 1 aliphatic heterocycles. The van der Waals surface area contributed by atoms with Crippen molar-refractivity contribution in [3.05, 3.63) is 24.3 Å². The van der Waals surface area contributed by atoms with E-state index in [1.807, 2.05) is 0 Å². The van der Waals surface area contributed by atoms with Crippen LogP contribution in [0.25, 0.3) is 0 Å². The molecule has 2 rings (SSSR count). The Balaban J connectivity index is 2.03. The Bertz CT molecular complexity index is 640. The zero-order valence-corrected chi connectivity index (χ0v) is 12.4. The highest BCUT2D eigenvalue weighted by atomic mass is 32.2. The second kappa shape index (κ2) is 6.23. The summed E-state index contributed by atoms with van der Waals surface area (Å²) in [7, 11) is -3.50. The van der Waals surface area contributed by atoms with Crippen molar-refractivity contribution in [3.63, 3.8) is 0 Å². The molecule has 8 heteroatoms. The van der Waals surface area contributed by atoms with Gasteiger partial charge in [-0.1, -0.05) is 6.92 Å². The van der Waals surface area contributed by atoms with Gasteiger partial charge in [-0.15, -0.1) is 0 Å². The van der Waals surface area contributed by atoms with Crippen molar-refractivity contribution >= 4 is 27.5 Å². The molecule has 0 aliphatic carbocycles. The third kappa shape index (κ3) is 3.79. The smallest absolute Gasteiger partial charge is 0.240 e. The summed E-state index contributed by atoms with van der Waals surface area (Å²) in [6.07, 6.45) is 0.179. The number of hydrogen-bond acceptors (Lipinski definition) is 4. The molecule has 1 aromatic carbocycles. The Morgan fingerprint density at radius 2 is 2.00 bits per heavy atom. The topological polar surface area (TPSA) is 104 Å². The van der Waals surface area contributed by atoms with Crippen LogP contribution < -0.4 is 15.4 Å². The van der Waals surface area contributed by atoms with Crippen molar-refractivity contribution in [1.82, 2.24) is 10.0 Å². The van der Waals surface area contributed by atoms with E-state index in [0.717, 1.165) is 0 Å². The number of hydrogen-bond donors (Lipinski definition) is 3. The molecule has 0 aromatic heterocycles. The van der Waals surface area contributed by atoms with Gasteiger partial charge in [-0.25, -0.2) is 13.1 Å². The van der Waals surface area contributed by atoms with E-state index in [2.05, 4.69) is 15.4 Å². The van der Waals surface area contributed by atoms with Gasteiger partial charge in [-0.05, 0) is 24.3 Å². The van der Waals surface area contributed by atoms with Gasteiger partial charge in [0.05, 0.1) is 10.8 Å². The minimum atomic E-state index is -3.50. The van der Waals surface area contributed by atoms with Crippen molar-refractivity contribution < 1.29 is 18.0 Å². The molecular formula is C13H17N3O4S. The van der Waals surface area contributed by atoms with E-state index in [1.165, 1.54) is 24.3 Å². The first-order valence-corrected chi connectivity index (χ1v) is 8.08. The molecule has 21 heavy (non-hydrogen) atoms. The molecular weight excluding hydrogens is 294 g/mol. The van der Waals surface area contributed by atoms with Crippen LogP contribution in [0.3, 0.4) is 0 Å². The summed E-state index contributed by atoms with van der Waals surface area (Å²) in [6.45, 7) is 2.34. The van der Waals surface area contributed by atoms with Gasteiger partial charge in [0.2, 0.25) is 21.8 Å². The predicted octanol–water partition coefficient (Wildman–Crippen LogP) is 0.0594. The number of anilines is 1. The molecule has 1 aromatic rings. The van der Waals surface area contributed by atoms with Crippen molar-refractivity contribution in [2.24, 2.45) is 5.92 Å². The fraction of sp³-hybridized carbons (Fsp3) is 0.385. The summed E-state index contributed by atoms with van der Waals surface area (Å²) in [5.74, 6) is -0.777. The van der Waals surface area contributed by atoms with Gasteiger partial charge in [-0.2, -0.15) is 0 Å². The van der Waals surface area contributed by atoms with Gasteiger partial charge in [0, 0.05) is 25.2 Å². The number of carbonyl (C=O) groups excluding carboxylic acids is 2. The molecule has 1 aliphatic rings. The maximum Gasteiger partial charge on any atom is 0.240 e. The maximum absolute atomic E-state index is 11.9. The van der Waals surface area contributed by atoms with Gasteiger partial charge in [0.15, 0.2) is 0 Å². The van der Waals surface area contributed by atoms with E-state index in [-0.39, 0.29) is 29.0 Å². The van der Waals surface area contributed by atoms with Crippen LogP contribution in [0.4, 0.5) is 5.69 Å². The van der Waals surface area contributed by atoms with Crippen LogP contribution >= 0.6 is 0 Å². The Kier molecular flexibility index (Phi) is 4.59. The fourth-order valence-electron chi connectivity index (χ4n) is 2.03. The van der Waals surface area contributed by atoms with Crippen LogP contribution in [-0.4, -0.2) is 33.3 Å². The first kappa shape index (κ1) is 15.5. The van der Waals surface area contributed by atoms with Gasteiger partial charge >= 0.3 is 0 Å². The molecule has 1 fully saturated rings. The van der Waals surface area contributed by atoms with E-state index in [0.29, 0.717) is 18.8 Å². The number of nitrogens with one attached hydrogen (secondary N) is 3. The highest BCUT2D eigenvalue weighted by Crippen LogP contribution is 2.16. The molecule has 3 N–H and O–H groups in total. The van der Waals surface area contributed by atoms with Gasteiger partial charge in [-0.3, -0.25) is 9.59 Å². The molecule has 1 unspecified atom stereocenters. The third-order valence-corrected chi connectivity index (χ3v) is 4.68. The predicted molar refractivity (Wildman–Crippen MR) is 77.1 cm³/mol. The zero-order chi connectivity index (χ0) is 15.5. The van der Waals surface area contributed by atoms with Crippen molar-refractivity contribution in [3.8, 4) is 0 Å². The van der Waals surface area contributed by atoms with Crippen molar-refractivity contribution in [1.29, 1.82) is 0 Å². The molecule has 0 saturated carbocycles. The average molecular weight is 311 g/mol. The molecule has 0 bridgehead atoms. The lowest BCUT2D eigenvalue weighted by molar-refractivity contribution is -0.123. The third-order valence-electron chi connectivity index (χ3n) is 3.11. The van der Waals surface area contributed by atoms with E-state index in [9.17, 15) is 18.0 Å². The largest absolute Gasteiger partial charge is 0.355 e. The molecule has 1 atom stereocenters. The van der Waals surface area contributed by atoms with Crippen LogP contribution in [0.15, 0.2) is 29.2 Å². The van der Waals surface area contributed by atoms with Gasteiger partial charge in [0.1, 0.15) is 0 Å². The Hall–Kier alpha value is -1.93. The normalized spacial score (nSPS) is 18.3. The van der Waals surface area contributed by atoms with Crippen molar-refractivity contribution in [2.75, 3.05) is 18.4 Å². The monoisotopic (exact) mass is 311 g/mol. The summed E-state index contributed by atoms with van der Waals surface area (Å²) in [6, 6.07) is 5.88. The second-order valence-corrected chi connectivity index (χ2v) is 6.49. The van der Waals surface area contributed by atoms with Gasteiger partial charge < -0.3 is 10.6 Å². The number of carbonyl (C=O) groups is 2. The number of amides is 2. The molecule has 0 spiro atoms. The van der Waals surface area contributed by atoms with Crippen molar-refractivity contribution in [2.45, 2.75) is 18.2 Å². The molecule has 1 saturated heterocycles. The van der Waals surface area contributed by atoms with Crippen LogP contribution in [0.1, 0.15) is 13.3 Å². The van der Waals surface area contributed by atoms with E-state index in [4.69, 9.17) is 0 Å². The minimum Gasteiger partial charge on any atom is -0.355 e. The average Bonchev–Trinajstić information content (AvgIpc) is 2.86. The fourth-order valence-corrected chi connectivity index (χ4v) is 3.07. The Morgan fingerprint density at radius 1 is 1.33 bits per heavy atom. The van der Waals surface area contributed by atoms with E-state index >= 15 is 0 Å². The Morgan fingerprint density at radius 3 is 2.52 bits per heavy atom. The Labute approximate surface area is 123 Å². The number of rotatable bonds is 5. The van der Waals surface area contributed by atoms with Crippen LogP contribution in [0, 0.1) is 5.92 Å². The molecule has 2 amide bonds. The first-order valence-electron chi connectivity index (χ1n) is 6.59. The number of benzene rings is 1. The SMILES string of the molecule is CCNS(=O)(=O)c1ccc(NC(=O)C2CNC(=O)C2)cc1. The number of sulfonamides is 1. The maximum atomic E-state index is 11.9. The molecule has 114 valence electrons. The summed E-state index contributed by atoms with van der Waals surface area (Å²) in [4.78, 5) is 23.1. The lowest BCUT2D eigenvalue weighted by Crippen LogP contribution is -2.25. The highest BCUT2D eigenvalue weighted by Gasteiger charge is 2.27.